The zero-order valence-electron chi connectivity index (χ0n) is 8.57. The molecule has 0 radical (unpaired) electrons. The second-order valence-electron chi connectivity index (χ2n) is 4.02. The fourth-order valence-electron chi connectivity index (χ4n) is 1.90. The first-order valence-electron chi connectivity index (χ1n) is 5.13. The maximum absolute atomic E-state index is 5.93. The molecule has 1 atom stereocenters. The number of rotatable bonds is 2. The molecule has 0 aliphatic carbocycles. The molecule has 2 N–H and O–H groups in total. The van der Waals surface area contributed by atoms with Crippen molar-refractivity contribution in [3.63, 3.8) is 0 Å². The van der Waals surface area contributed by atoms with Gasteiger partial charge in [0.25, 0.3) is 0 Å². The van der Waals surface area contributed by atoms with Gasteiger partial charge in [-0.3, -0.25) is 4.90 Å². The molecule has 0 amide bonds. The number of nitrogens with zero attached hydrogens (tertiary/aromatic N) is 2. The van der Waals surface area contributed by atoms with Crippen LogP contribution in [0.25, 0.3) is 0 Å². The molecule has 14 heavy (non-hydrogen) atoms. The Morgan fingerprint density at radius 1 is 1.71 bits per heavy atom. The Morgan fingerprint density at radius 2 is 2.57 bits per heavy atom. The third-order valence-corrected chi connectivity index (χ3v) is 3.52. The first-order valence-corrected chi connectivity index (χ1v) is 6.01. The molecule has 78 valence electrons. The summed E-state index contributed by atoms with van der Waals surface area (Å²) in [7, 11) is 0. The molecule has 1 aromatic rings. The van der Waals surface area contributed by atoms with Crippen LogP contribution in [0.2, 0.25) is 0 Å². The highest BCUT2D eigenvalue weighted by molar-refractivity contribution is 7.09. The lowest BCUT2D eigenvalue weighted by atomic mass is 10.1. The van der Waals surface area contributed by atoms with Gasteiger partial charge in [-0.1, -0.05) is 0 Å². The van der Waals surface area contributed by atoms with Crippen LogP contribution in [0.4, 0.5) is 0 Å². The number of nitrogens with two attached hydrogens (primary N) is 1. The van der Waals surface area contributed by atoms with Crippen LogP contribution < -0.4 is 5.73 Å². The Morgan fingerprint density at radius 3 is 3.21 bits per heavy atom. The molecule has 2 rings (SSSR count). The van der Waals surface area contributed by atoms with Gasteiger partial charge < -0.3 is 5.73 Å². The van der Waals surface area contributed by atoms with E-state index in [-0.39, 0.29) is 0 Å². The van der Waals surface area contributed by atoms with E-state index in [1.54, 1.807) is 11.3 Å². The average molecular weight is 211 g/mol. The highest BCUT2D eigenvalue weighted by atomic mass is 32.1. The van der Waals surface area contributed by atoms with Gasteiger partial charge in [-0.2, -0.15) is 0 Å². The van der Waals surface area contributed by atoms with Crippen LogP contribution in [0.15, 0.2) is 5.38 Å². The maximum atomic E-state index is 5.93. The van der Waals surface area contributed by atoms with Gasteiger partial charge in [0, 0.05) is 23.7 Å². The van der Waals surface area contributed by atoms with Crippen molar-refractivity contribution >= 4 is 11.3 Å². The van der Waals surface area contributed by atoms with Crippen molar-refractivity contribution in [2.45, 2.75) is 32.4 Å². The van der Waals surface area contributed by atoms with Crippen LogP contribution in [0.1, 0.15) is 23.5 Å². The van der Waals surface area contributed by atoms with Gasteiger partial charge in [0.15, 0.2) is 0 Å². The summed E-state index contributed by atoms with van der Waals surface area (Å²) in [6, 6.07) is 0.366. The van der Waals surface area contributed by atoms with Gasteiger partial charge in [-0.05, 0) is 26.3 Å². The molecule has 1 aromatic heterocycles. The van der Waals surface area contributed by atoms with Crippen molar-refractivity contribution in [3.8, 4) is 0 Å². The van der Waals surface area contributed by atoms with Gasteiger partial charge in [-0.15, -0.1) is 11.3 Å². The second kappa shape index (κ2) is 4.38. The zero-order chi connectivity index (χ0) is 9.97. The van der Waals surface area contributed by atoms with E-state index in [1.807, 2.05) is 6.92 Å². The van der Waals surface area contributed by atoms with Gasteiger partial charge in [0.1, 0.15) is 5.01 Å². The van der Waals surface area contributed by atoms with Crippen LogP contribution in [-0.2, 0) is 6.54 Å². The van der Waals surface area contributed by atoms with E-state index in [2.05, 4.69) is 15.3 Å². The number of aryl methyl sites for hydroxylation is 1. The number of likely N-dealkylation sites (tertiary alicyclic amines) is 1. The quantitative estimate of drug-likeness (QED) is 0.803. The molecule has 4 heteroatoms. The molecule has 3 nitrogen and oxygen atoms in total. The Hall–Kier alpha value is -0.450. The minimum Gasteiger partial charge on any atom is -0.327 e. The van der Waals surface area contributed by atoms with E-state index in [4.69, 9.17) is 5.73 Å². The lowest BCUT2D eigenvalue weighted by molar-refractivity contribution is 0.201. The number of hydrogen-bond acceptors (Lipinski definition) is 4. The monoisotopic (exact) mass is 211 g/mol. The van der Waals surface area contributed by atoms with E-state index >= 15 is 0 Å². The predicted molar refractivity (Wildman–Crippen MR) is 59.3 cm³/mol. The topological polar surface area (TPSA) is 42.1 Å². The summed E-state index contributed by atoms with van der Waals surface area (Å²) in [6.07, 6.45) is 2.40. The molecular formula is C10H17N3S. The van der Waals surface area contributed by atoms with Crippen molar-refractivity contribution in [2.75, 3.05) is 13.1 Å². The molecule has 0 saturated carbocycles. The van der Waals surface area contributed by atoms with Crippen molar-refractivity contribution in [3.05, 3.63) is 16.1 Å². The predicted octanol–water partition coefficient (Wildman–Crippen LogP) is 1.37. The van der Waals surface area contributed by atoms with Crippen LogP contribution >= 0.6 is 11.3 Å². The van der Waals surface area contributed by atoms with E-state index < -0.39 is 0 Å². The Bertz CT molecular complexity index is 297. The summed E-state index contributed by atoms with van der Waals surface area (Å²) in [5.41, 5.74) is 7.06. The van der Waals surface area contributed by atoms with E-state index in [1.165, 1.54) is 24.4 Å². The summed E-state index contributed by atoms with van der Waals surface area (Å²) in [6.45, 7) is 5.22. The molecule has 0 unspecified atom stereocenters. The molecule has 0 spiro atoms. The summed E-state index contributed by atoms with van der Waals surface area (Å²) >= 11 is 1.75. The maximum Gasteiger partial charge on any atom is 0.107 e. The number of hydrogen-bond donors (Lipinski definition) is 1. The molecule has 2 heterocycles. The Labute approximate surface area is 88.9 Å². The Balaban J connectivity index is 1.90. The fraction of sp³-hybridized carbons (Fsp3) is 0.700. The standard InChI is InChI=1S/C10H17N3S/c1-8-7-14-10(12-8)6-13-4-2-3-9(11)5-13/h7,9H,2-6,11H2,1H3/t9-/m1/s1. The largest absolute Gasteiger partial charge is 0.327 e. The fourth-order valence-corrected chi connectivity index (χ4v) is 2.71. The molecule has 1 aliphatic heterocycles. The average Bonchev–Trinajstić information content (AvgIpc) is 2.51. The molecule has 1 saturated heterocycles. The summed E-state index contributed by atoms with van der Waals surface area (Å²) in [5.74, 6) is 0. The van der Waals surface area contributed by atoms with Crippen molar-refractivity contribution in [1.29, 1.82) is 0 Å². The highest BCUT2D eigenvalue weighted by Crippen LogP contribution is 2.15. The number of piperidine rings is 1. The third kappa shape index (κ3) is 2.53. The second-order valence-corrected chi connectivity index (χ2v) is 4.96. The van der Waals surface area contributed by atoms with Crippen molar-refractivity contribution in [1.82, 2.24) is 9.88 Å². The molecule has 0 aromatic carbocycles. The Kier molecular flexibility index (Phi) is 3.15. The molecule has 1 fully saturated rings. The van der Waals surface area contributed by atoms with Gasteiger partial charge in [0.05, 0.1) is 6.54 Å². The number of aromatic nitrogens is 1. The third-order valence-electron chi connectivity index (χ3n) is 2.57. The van der Waals surface area contributed by atoms with Crippen LogP contribution in [0.5, 0.6) is 0 Å². The summed E-state index contributed by atoms with van der Waals surface area (Å²) in [4.78, 5) is 6.88. The summed E-state index contributed by atoms with van der Waals surface area (Å²) in [5, 5.41) is 3.33. The first kappa shape index (κ1) is 10.1. The molecular weight excluding hydrogens is 194 g/mol. The highest BCUT2D eigenvalue weighted by Gasteiger charge is 2.17. The number of thiazole rings is 1. The van der Waals surface area contributed by atoms with Gasteiger partial charge in [-0.25, -0.2) is 4.98 Å². The SMILES string of the molecule is Cc1csc(CN2CCC[C@@H](N)C2)n1. The minimum absolute atomic E-state index is 0.366. The van der Waals surface area contributed by atoms with Gasteiger partial charge >= 0.3 is 0 Å². The van der Waals surface area contributed by atoms with E-state index in [0.717, 1.165) is 18.8 Å². The molecule has 1 aliphatic rings. The minimum atomic E-state index is 0.366. The van der Waals surface area contributed by atoms with Gasteiger partial charge in [0.2, 0.25) is 0 Å². The normalized spacial score (nSPS) is 24.0. The van der Waals surface area contributed by atoms with Crippen LogP contribution in [-0.4, -0.2) is 29.0 Å². The van der Waals surface area contributed by atoms with Crippen molar-refractivity contribution < 1.29 is 0 Å². The van der Waals surface area contributed by atoms with Crippen LogP contribution in [0, 0.1) is 6.92 Å². The smallest absolute Gasteiger partial charge is 0.107 e. The van der Waals surface area contributed by atoms with Crippen molar-refractivity contribution in [2.24, 2.45) is 5.73 Å². The zero-order valence-corrected chi connectivity index (χ0v) is 9.39. The van der Waals surface area contributed by atoms with E-state index in [0.29, 0.717) is 6.04 Å². The summed E-state index contributed by atoms with van der Waals surface area (Å²) < 4.78 is 0. The lowest BCUT2D eigenvalue weighted by Gasteiger charge is -2.29. The lowest BCUT2D eigenvalue weighted by Crippen LogP contribution is -2.42. The first-order chi connectivity index (χ1) is 6.74. The van der Waals surface area contributed by atoms with Crippen LogP contribution in [0.3, 0.4) is 0 Å². The van der Waals surface area contributed by atoms with E-state index in [9.17, 15) is 0 Å². The molecule has 0 bridgehead atoms.